The molecule has 0 saturated heterocycles. The summed E-state index contributed by atoms with van der Waals surface area (Å²) in [6.45, 7) is 5.94. The van der Waals surface area contributed by atoms with Crippen molar-refractivity contribution < 1.29 is 9.00 Å². The summed E-state index contributed by atoms with van der Waals surface area (Å²) in [6, 6.07) is 6.61. The van der Waals surface area contributed by atoms with Gasteiger partial charge in [-0.05, 0) is 60.3 Å². The first-order chi connectivity index (χ1) is 13.1. The first-order valence-electron chi connectivity index (χ1n) is 8.40. The number of carbonyl (C=O) groups is 1. The number of carbonyl (C=O) groups excluding carboxylic acids is 1. The minimum atomic E-state index is -2.88. The van der Waals surface area contributed by atoms with Crippen LogP contribution in [0.25, 0.3) is 0 Å². The number of nitrogens with one attached hydrogen (secondary N) is 2. The molecule has 28 heavy (non-hydrogen) atoms. The van der Waals surface area contributed by atoms with Crippen molar-refractivity contribution in [1.29, 1.82) is 5.26 Å². The molecule has 0 saturated carbocycles. The van der Waals surface area contributed by atoms with Crippen LogP contribution in [0, 0.1) is 18.4 Å². The van der Waals surface area contributed by atoms with Gasteiger partial charge in [-0.2, -0.15) is 5.26 Å². The van der Waals surface area contributed by atoms with Gasteiger partial charge in [0.2, 0.25) is 5.43 Å². The van der Waals surface area contributed by atoms with Gasteiger partial charge >= 0.3 is 0 Å². The molecule has 0 aliphatic rings. The zero-order valence-corrected chi connectivity index (χ0v) is 18.2. The summed E-state index contributed by atoms with van der Waals surface area (Å²) in [4.78, 5) is 25.4. The Morgan fingerprint density at radius 1 is 1.36 bits per heavy atom. The average Bonchev–Trinajstić information content (AvgIpc) is 2.64. The van der Waals surface area contributed by atoms with Crippen molar-refractivity contribution in [3.63, 3.8) is 0 Å². The fourth-order valence-electron chi connectivity index (χ4n) is 2.63. The number of aromatic nitrogens is 1. The van der Waals surface area contributed by atoms with Gasteiger partial charge in [-0.3, -0.25) is 9.59 Å². The quantitative estimate of drug-likeness (QED) is 0.389. The predicted molar refractivity (Wildman–Crippen MR) is 113 cm³/mol. The molecule has 0 bridgehead atoms. The highest BCUT2D eigenvalue weighted by molar-refractivity contribution is 9.10. The second kappa shape index (κ2) is 8.63. The maximum Gasteiger partial charge on any atom is 0.257 e. The van der Waals surface area contributed by atoms with Gasteiger partial charge in [0, 0.05) is 24.5 Å². The minimum absolute atomic E-state index is 0.0572. The highest BCUT2D eigenvalue weighted by atomic mass is 79.9. The van der Waals surface area contributed by atoms with Crippen LogP contribution in [0.2, 0.25) is 0 Å². The van der Waals surface area contributed by atoms with Crippen molar-refractivity contribution in [3.05, 3.63) is 62.0 Å². The van der Waals surface area contributed by atoms with Crippen LogP contribution in [0.1, 0.15) is 41.5 Å². The molecular formula is C19H21BrN4O3S. The number of nitrogens with zero attached hydrogens (tertiary/aromatic N) is 2. The largest absolute Gasteiger partial charge is 0.348 e. The molecule has 148 valence electrons. The molecule has 2 rings (SSSR count). The second-order valence-corrected chi connectivity index (χ2v) is 9.31. The van der Waals surface area contributed by atoms with E-state index in [4.69, 9.17) is 5.26 Å². The SMILES string of the molecule is C=S(=O)(NC#N)c1ccc(CNC(=O)c2cn(C(C)C)c(C)c(Br)c2=O)cc1. The fourth-order valence-corrected chi connectivity index (χ4v) is 3.89. The third kappa shape index (κ3) is 4.64. The molecule has 1 heterocycles. The number of hydrogen-bond donors (Lipinski definition) is 2. The van der Waals surface area contributed by atoms with Crippen LogP contribution in [-0.4, -0.2) is 20.6 Å². The summed E-state index contributed by atoms with van der Waals surface area (Å²) in [6.07, 6.45) is 3.19. The minimum Gasteiger partial charge on any atom is -0.348 e. The Morgan fingerprint density at radius 3 is 2.50 bits per heavy atom. The van der Waals surface area contributed by atoms with E-state index in [-0.39, 0.29) is 23.6 Å². The number of rotatable bonds is 6. The van der Waals surface area contributed by atoms with Gasteiger partial charge in [-0.15, -0.1) is 0 Å². The molecule has 1 amide bonds. The monoisotopic (exact) mass is 464 g/mol. The lowest BCUT2D eigenvalue weighted by Gasteiger charge is -2.17. The Balaban J connectivity index is 2.19. The third-order valence-corrected chi connectivity index (χ3v) is 6.57. The van der Waals surface area contributed by atoms with E-state index in [0.29, 0.717) is 9.37 Å². The summed E-state index contributed by atoms with van der Waals surface area (Å²) < 4.78 is 16.6. The number of hydrogen-bond acceptors (Lipinski definition) is 4. The summed E-state index contributed by atoms with van der Waals surface area (Å²) >= 11 is 3.28. The van der Waals surface area contributed by atoms with E-state index in [9.17, 15) is 13.8 Å². The van der Waals surface area contributed by atoms with E-state index in [1.807, 2.05) is 25.3 Å². The molecule has 0 fully saturated rings. The van der Waals surface area contributed by atoms with Crippen LogP contribution in [0.3, 0.4) is 0 Å². The molecule has 1 unspecified atom stereocenters. The third-order valence-electron chi connectivity index (χ3n) is 4.19. The van der Waals surface area contributed by atoms with Crippen LogP contribution in [0.5, 0.6) is 0 Å². The normalized spacial score (nSPS) is 12.9. The summed E-state index contributed by atoms with van der Waals surface area (Å²) in [5.74, 6) is 3.03. The van der Waals surface area contributed by atoms with Crippen LogP contribution < -0.4 is 15.5 Å². The van der Waals surface area contributed by atoms with Crippen LogP contribution in [0.15, 0.2) is 44.6 Å². The average molecular weight is 465 g/mol. The lowest BCUT2D eigenvalue weighted by atomic mass is 10.2. The van der Waals surface area contributed by atoms with E-state index >= 15 is 0 Å². The van der Waals surface area contributed by atoms with E-state index in [2.05, 4.69) is 31.8 Å². The lowest BCUT2D eigenvalue weighted by Crippen LogP contribution is -2.30. The van der Waals surface area contributed by atoms with Crippen molar-refractivity contribution in [2.75, 3.05) is 0 Å². The fraction of sp³-hybridized carbons (Fsp3) is 0.263. The number of benzene rings is 1. The number of nitriles is 1. The molecule has 1 aromatic heterocycles. The molecule has 2 aromatic rings. The molecule has 0 aliphatic carbocycles. The van der Waals surface area contributed by atoms with Gasteiger partial charge in [-0.25, -0.2) is 8.93 Å². The topological polar surface area (TPSA) is 104 Å². The van der Waals surface area contributed by atoms with Gasteiger partial charge in [0.15, 0.2) is 6.19 Å². The predicted octanol–water partition coefficient (Wildman–Crippen LogP) is 2.49. The second-order valence-electron chi connectivity index (χ2n) is 6.49. The van der Waals surface area contributed by atoms with E-state index in [0.717, 1.165) is 11.3 Å². The number of amides is 1. The summed E-state index contributed by atoms with van der Waals surface area (Å²) in [7, 11) is -2.88. The van der Waals surface area contributed by atoms with Crippen molar-refractivity contribution in [2.24, 2.45) is 0 Å². The van der Waals surface area contributed by atoms with Crippen LogP contribution in [-0.2, 0) is 16.3 Å². The van der Waals surface area contributed by atoms with E-state index in [1.165, 1.54) is 0 Å². The van der Waals surface area contributed by atoms with Crippen molar-refractivity contribution in [2.45, 2.75) is 38.3 Å². The van der Waals surface area contributed by atoms with Crippen LogP contribution >= 0.6 is 15.9 Å². The molecule has 1 aromatic carbocycles. The van der Waals surface area contributed by atoms with Gasteiger partial charge in [-0.1, -0.05) is 12.1 Å². The number of pyridine rings is 1. The first kappa shape index (κ1) is 21.7. The van der Waals surface area contributed by atoms with E-state index in [1.54, 1.807) is 36.7 Å². The van der Waals surface area contributed by atoms with Crippen LogP contribution in [0.4, 0.5) is 0 Å². The Morgan fingerprint density at radius 2 is 1.96 bits per heavy atom. The van der Waals surface area contributed by atoms with Gasteiger partial charge in [0.1, 0.15) is 5.56 Å². The standard InChI is InChI=1S/C19H21BrN4O3S/c1-12(2)24-10-16(18(25)17(20)13(24)3)19(26)22-9-14-5-7-15(8-6-14)28(4,27)23-11-21/h5-8,10,12H,4,9H2,1-3H3,(H,22,26)(H,23,27). The Labute approximate surface area is 172 Å². The zero-order chi connectivity index (χ0) is 21.1. The number of halogens is 1. The smallest absolute Gasteiger partial charge is 0.257 e. The highest BCUT2D eigenvalue weighted by Gasteiger charge is 2.17. The maximum atomic E-state index is 12.5. The Kier molecular flexibility index (Phi) is 6.69. The van der Waals surface area contributed by atoms with Crippen molar-refractivity contribution in [1.82, 2.24) is 14.6 Å². The Bertz CT molecular complexity index is 1100. The molecule has 1 atom stereocenters. The van der Waals surface area contributed by atoms with Crippen molar-refractivity contribution in [3.8, 4) is 6.19 Å². The lowest BCUT2D eigenvalue weighted by molar-refractivity contribution is 0.0948. The van der Waals surface area contributed by atoms with Gasteiger partial charge in [0.05, 0.1) is 19.1 Å². The molecule has 7 nitrogen and oxygen atoms in total. The van der Waals surface area contributed by atoms with E-state index < -0.39 is 15.6 Å². The van der Waals surface area contributed by atoms with Gasteiger partial charge in [0.25, 0.3) is 5.91 Å². The molecule has 0 aliphatic heterocycles. The van der Waals surface area contributed by atoms with Crippen molar-refractivity contribution >= 4 is 37.4 Å². The molecule has 0 radical (unpaired) electrons. The zero-order valence-electron chi connectivity index (χ0n) is 15.8. The first-order valence-corrected chi connectivity index (χ1v) is 10.9. The highest BCUT2D eigenvalue weighted by Crippen LogP contribution is 2.17. The molecule has 9 heteroatoms. The summed E-state index contributed by atoms with van der Waals surface area (Å²) in [5, 5.41) is 11.3. The molecular weight excluding hydrogens is 444 g/mol. The molecule has 2 N–H and O–H groups in total. The van der Waals surface area contributed by atoms with Gasteiger partial charge < -0.3 is 9.88 Å². The summed E-state index contributed by atoms with van der Waals surface area (Å²) in [5.41, 5.74) is 1.21. The maximum absolute atomic E-state index is 12.5. The Hall–Kier alpha value is -2.57. The molecule has 0 spiro atoms.